The van der Waals surface area contributed by atoms with E-state index in [0.29, 0.717) is 41.6 Å². The highest BCUT2D eigenvalue weighted by molar-refractivity contribution is 6.01. The molecule has 15 heteroatoms. The van der Waals surface area contributed by atoms with Crippen molar-refractivity contribution >= 4 is 46.0 Å². The number of imidazole rings is 1. The van der Waals surface area contributed by atoms with E-state index in [0.717, 1.165) is 76.2 Å². The summed E-state index contributed by atoms with van der Waals surface area (Å²) >= 11 is 0. The van der Waals surface area contributed by atoms with Gasteiger partial charge in [0.1, 0.15) is 28.9 Å². The number of nitrogens with one attached hydrogen (secondary N) is 3. The molecule has 0 radical (unpaired) electrons. The quantitative estimate of drug-likeness (QED) is 0.149. The van der Waals surface area contributed by atoms with E-state index < -0.39 is 11.6 Å². The highest BCUT2D eigenvalue weighted by Crippen LogP contribution is 2.31. The van der Waals surface area contributed by atoms with Crippen molar-refractivity contribution in [2.24, 2.45) is 0 Å². The molecule has 1 unspecified atom stereocenters. The predicted octanol–water partition coefficient (Wildman–Crippen LogP) is 5.80. The molecule has 1 atom stereocenters. The Balaban J connectivity index is 0.812. The molecule has 0 aliphatic carbocycles. The van der Waals surface area contributed by atoms with E-state index in [1.165, 1.54) is 11.6 Å². The third-order valence-electron chi connectivity index (χ3n) is 11.1. The molecule has 5 aromatic rings. The fourth-order valence-corrected chi connectivity index (χ4v) is 8.22. The summed E-state index contributed by atoms with van der Waals surface area (Å²) in [5.41, 5.74) is 4.29. The van der Waals surface area contributed by atoms with Crippen LogP contribution in [0.15, 0.2) is 60.9 Å². The zero-order valence-electron chi connectivity index (χ0n) is 31.9. The van der Waals surface area contributed by atoms with Crippen LogP contribution in [0.1, 0.15) is 57.0 Å². The first-order valence-corrected chi connectivity index (χ1v) is 19.4. The molecule has 8 rings (SSSR count). The lowest BCUT2D eigenvalue weighted by Gasteiger charge is -2.43. The second-order valence-electron chi connectivity index (χ2n) is 15.2. The van der Waals surface area contributed by atoms with Crippen LogP contribution in [0, 0.1) is 18.6 Å². The summed E-state index contributed by atoms with van der Waals surface area (Å²) in [5, 5.41) is 8.72. The van der Waals surface area contributed by atoms with Crippen LogP contribution in [-0.2, 0) is 16.1 Å². The van der Waals surface area contributed by atoms with Crippen molar-refractivity contribution in [2.75, 3.05) is 54.8 Å². The van der Waals surface area contributed by atoms with Crippen molar-refractivity contribution in [3.05, 3.63) is 83.9 Å². The molecule has 292 valence electrons. The monoisotopic (exact) mass is 763 g/mol. The van der Waals surface area contributed by atoms with Crippen LogP contribution in [0.25, 0.3) is 22.3 Å². The van der Waals surface area contributed by atoms with E-state index in [9.17, 15) is 9.59 Å². The number of aromatic nitrogens is 5. The number of rotatable bonds is 10. The topological polar surface area (TPSA) is 136 Å². The summed E-state index contributed by atoms with van der Waals surface area (Å²) in [6.07, 6.45) is 5.95. The van der Waals surface area contributed by atoms with Gasteiger partial charge in [0.25, 0.3) is 0 Å². The molecule has 13 nitrogen and oxygen atoms in total. The Hall–Kier alpha value is -5.54. The van der Waals surface area contributed by atoms with Crippen molar-refractivity contribution in [3.63, 3.8) is 0 Å². The zero-order chi connectivity index (χ0) is 38.9. The number of imide groups is 1. The number of anilines is 4. The van der Waals surface area contributed by atoms with Crippen molar-refractivity contribution in [3.8, 4) is 11.3 Å². The van der Waals surface area contributed by atoms with Gasteiger partial charge in [-0.25, -0.2) is 28.7 Å². The summed E-state index contributed by atoms with van der Waals surface area (Å²) in [4.78, 5) is 48.5. The normalized spacial score (nSPS) is 18.8. The van der Waals surface area contributed by atoms with Gasteiger partial charge in [-0.3, -0.25) is 24.7 Å². The van der Waals surface area contributed by atoms with Gasteiger partial charge in [0, 0.05) is 75.6 Å². The van der Waals surface area contributed by atoms with Crippen LogP contribution in [0.4, 0.5) is 31.9 Å². The van der Waals surface area contributed by atoms with Gasteiger partial charge in [0.05, 0.1) is 23.6 Å². The minimum atomic E-state index is -0.652. The number of piperidine rings is 2. The number of hydrogen-bond acceptors (Lipinski definition) is 11. The lowest BCUT2D eigenvalue weighted by Crippen LogP contribution is -2.53. The Bertz CT molecular complexity index is 2210. The number of hydrogen-bond donors (Lipinski definition) is 3. The lowest BCUT2D eigenvalue weighted by molar-refractivity contribution is -0.133. The van der Waals surface area contributed by atoms with Crippen LogP contribution >= 0.6 is 0 Å². The summed E-state index contributed by atoms with van der Waals surface area (Å²) in [6.45, 7) is 12.7. The van der Waals surface area contributed by atoms with E-state index >= 15 is 8.78 Å². The number of aryl methyl sites for hydroxylation is 1. The number of halogens is 2. The Kier molecular flexibility index (Phi) is 10.6. The molecule has 3 aliphatic heterocycles. The Morgan fingerprint density at radius 3 is 2.34 bits per heavy atom. The molecular formula is C41H47F2N11O2. The smallest absolute Gasteiger partial charge is 0.249 e. The fraction of sp³-hybridized carbons (Fsp3) is 0.415. The number of pyridine rings is 1. The van der Waals surface area contributed by atoms with E-state index in [1.807, 2.05) is 55.8 Å². The summed E-state index contributed by atoms with van der Waals surface area (Å²) in [6, 6.07) is 15.3. The first kappa shape index (κ1) is 37.4. The highest BCUT2D eigenvalue weighted by Gasteiger charge is 2.29. The van der Waals surface area contributed by atoms with Gasteiger partial charge >= 0.3 is 0 Å². The standard InChI is InChI=1S/C41H47F2N11O2/c1-25(2)54-26(3)46-39-32(42)20-28(21-35(39)54)38-33(43)23-45-41(50-38)48-36-10-8-31(22-44-36)52-14-12-30(13-15-52)53-18-16-51(17-19-53)24-27-4-6-29(7-5-27)47-34-9-11-37(55)49-40(34)56/h4-8,10,20-23,25,30,34,47H,9,11-19,24H2,1-3H3,(H,49,55,56)(H,44,45,48,50). The summed E-state index contributed by atoms with van der Waals surface area (Å²) in [5.74, 6) is -0.289. The van der Waals surface area contributed by atoms with E-state index in [4.69, 9.17) is 0 Å². The molecule has 0 saturated carbocycles. The van der Waals surface area contributed by atoms with Crippen molar-refractivity contribution < 1.29 is 18.4 Å². The number of amides is 2. The lowest BCUT2D eigenvalue weighted by atomic mass is 10.0. The minimum absolute atomic E-state index is 0.00811. The third kappa shape index (κ3) is 8.05. The third-order valence-corrected chi connectivity index (χ3v) is 11.1. The average Bonchev–Trinajstić information content (AvgIpc) is 3.54. The van der Waals surface area contributed by atoms with E-state index in [-0.39, 0.29) is 41.1 Å². The maximum Gasteiger partial charge on any atom is 0.249 e. The molecule has 2 amide bonds. The molecule has 3 fully saturated rings. The largest absolute Gasteiger partial charge is 0.374 e. The van der Waals surface area contributed by atoms with Crippen LogP contribution < -0.4 is 20.9 Å². The van der Waals surface area contributed by atoms with Gasteiger partial charge < -0.3 is 20.1 Å². The van der Waals surface area contributed by atoms with Gasteiger partial charge in [-0.2, -0.15) is 0 Å². The maximum absolute atomic E-state index is 15.1. The van der Waals surface area contributed by atoms with Gasteiger partial charge in [-0.05, 0) is 82.0 Å². The SMILES string of the molecule is Cc1nc2c(F)cc(-c3nc(Nc4ccc(N5CCC(N6CCN(Cc7ccc(NC8CCC(=O)NC8=O)cc7)CC6)CC5)cn4)ncc3F)cc2n1C(C)C. The van der Waals surface area contributed by atoms with Gasteiger partial charge in [-0.1, -0.05) is 12.1 Å². The molecule has 56 heavy (non-hydrogen) atoms. The molecule has 3 saturated heterocycles. The zero-order valence-corrected chi connectivity index (χ0v) is 31.9. The Morgan fingerprint density at radius 1 is 0.875 bits per heavy atom. The van der Waals surface area contributed by atoms with Gasteiger partial charge in [-0.15, -0.1) is 0 Å². The predicted molar refractivity (Wildman–Crippen MR) is 212 cm³/mol. The van der Waals surface area contributed by atoms with Gasteiger partial charge in [0.2, 0.25) is 17.8 Å². The molecule has 0 spiro atoms. The Morgan fingerprint density at radius 2 is 1.64 bits per heavy atom. The summed E-state index contributed by atoms with van der Waals surface area (Å²) < 4.78 is 32.1. The number of carbonyl (C=O) groups excluding carboxylic acids is 2. The molecule has 3 aromatic heterocycles. The molecule has 3 aliphatic rings. The van der Waals surface area contributed by atoms with Crippen LogP contribution in [0.5, 0.6) is 0 Å². The molecule has 2 aromatic carbocycles. The molecular weight excluding hydrogens is 717 g/mol. The van der Waals surface area contributed by atoms with Gasteiger partial charge in [0.15, 0.2) is 11.6 Å². The second kappa shape index (κ2) is 15.9. The maximum atomic E-state index is 15.1. The van der Waals surface area contributed by atoms with Crippen molar-refractivity contribution in [2.45, 2.75) is 71.1 Å². The first-order valence-electron chi connectivity index (χ1n) is 19.4. The van der Waals surface area contributed by atoms with Crippen molar-refractivity contribution in [1.82, 2.24) is 39.6 Å². The number of piperazine rings is 1. The Labute approximate surface area is 324 Å². The first-order chi connectivity index (χ1) is 27.1. The fourth-order valence-electron chi connectivity index (χ4n) is 8.22. The average molecular weight is 764 g/mol. The minimum Gasteiger partial charge on any atom is -0.374 e. The highest BCUT2D eigenvalue weighted by atomic mass is 19.1. The summed E-state index contributed by atoms with van der Waals surface area (Å²) in [7, 11) is 0. The molecule has 6 heterocycles. The van der Waals surface area contributed by atoms with Crippen molar-refractivity contribution in [1.29, 1.82) is 0 Å². The van der Waals surface area contributed by atoms with Crippen LogP contribution in [-0.4, -0.2) is 97.5 Å². The van der Waals surface area contributed by atoms with E-state index in [1.54, 1.807) is 6.07 Å². The number of nitrogens with zero attached hydrogens (tertiary/aromatic N) is 8. The molecule has 3 N–H and O–H groups in total. The van der Waals surface area contributed by atoms with Crippen LogP contribution in [0.3, 0.4) is 0 Å². The number of benzene rings is 2. The second-order valence-corrected chi connectivity index (χ2v) is 15.2. The number of carbonyl (C=O) groups is 2. The van der Waals surface area contributed by atoms with E-state index in [2.05, 4.69) is 62.7 Å². The van der Waals surface area contributed by atoms with Crippen LogP contribution in [0.2, 0.25) is 0 Å². The number of fused-ring (bicyclic) bond motifs is 1. The molecule has 0 bridgehead atoms.